The predicted octanol–water partition coefficient (Wildman–Crippen LogP) is 1.89. The first-order valence-electron chi connectivity index (χ1n) is 6.57. The summed E-state index contributed by atoms with van der Waals surface area (Å²) in [6, 6.07) is 21.2. The number of halogens is 1. The molecule has 0 heterocycles. The van der Waals surface area contributed by atoms with Crippen molar-refractivity contribution in [3.8, 4) is 0 Å². The van der Waals surface area contributed by atoms with Crippen LogP contribution in [0, 0.1) is 0 Å². The van der Waals surface area contributed by atoms with Gasteiger partial charge in [-0.05, 0) is 11.0 Å². The summed E-state index contributed by atoms with van der Waals surface area (Å²) in [6.07, 6.45) is 0. The maximum atomic E-state index is 2.31. The van der Waals surface area contributed by atoms with Gasteiger partial charge in [-0.25, -0.2) is 0 Å². The Hall–Kier alpha value is -0.830. The number of hydrogen-bond acceptors (Lipinski definition) is 0. The van der Waals surface area contributed by atoms with Crippen molar-refractivity contribution in [1.82, 2.24) is 0 Å². The van der Waals surface area contributed by atoms with Gasteiger partial charge >= 0.3 is 66.5 Å². The Labute approximate surface area is 128 Å². The summed E-state index contributed by atoms with van der Waals surface area (Å²) in [5.74, 6) is 0. The van der Waals surface area contributed by atoms with Gasteiger partial charge in [0, 0.05) is 0 Å². The molecule has 0 aliphatic heterocycles. The van der Waals surface area contributed by atoms with E-state index in [0.29, 0.717) is 26.6 Å². The van der Waals surface area contributed by atoms with Crippen molar-refractivity contribution in [3.63, 3.8) is 0 Å². The third kappa shape index (κ3) is 6.76. The average molecular weight is 367 g/mol. The van der Waals surface area contributed by atoms with Crippen LogP contribution < -0.4 is 21.2 Å². The van der Waals surface area contributed by atoms with Gasteiger partial charge in [-0.2, -0.15) is 0 Å². The third-order valence-electron chi connectivity index (χ3n) is 2.77. The Bertz CT molecular complexity index is 440. The molecule has 0 saturated heterocycles. The predicted molar refractivity (Wildman–Crippen MR) is 81.2 cm³/mol. The van der Waals surface area contributed by atoms with E-state index in [9.17, 15) is 0 Å². The molecule has 1 heteroatoms. The van der Waals surface area contributed by atoms with Crippen LogP contribution in [0.5, 0.6) is 0 Å². The van der Waals surface area contributed by atoms with Gasteiger partial charge in [0.05, 0.1) is 0 Å². The first kappa shape index (κ1) is 16.2. The molecule has 0 saturated carbocycles. The van der Waals surface area contributed by atoms with Gasteiger partial charge in [0.1, 0.15) is 0 Å². The molecule has 0 spiro atoms. The monoisotopic (exact) mass is 367 g/mol. The minimum absolute atomic E-state index is 0.293. The molecular weight excluding hydrogens is 343 g/mol. The first-order valence-corrected chi connectivity index (χ1v) is 10.3. The SMILES string of the molecule is CC(C)(C)c1ccccc1.C[I-]Cc1ccccc1. The van der Waals surface area contributed by atoms with Gasteiger partial charge in [-0.1, -0.05) is 51.1 Å². The zero-order valence-electron chi connectivity index (χ0n) is 12.4. The molecule has 0 amide bonds. The number of benzene rings is 2. The molecule has 0 aliphatic carbocycles. The van der Waals surface area contributed by atoms with Crippen LogP contribution in [-0.2, 0) is 9.84 Å². The number of alkyl halides is 2. The molecule has 2 rings (SSSR count). The van der Waals surface area contributed by atoms with Crippen molar-refractivity contribution in [2.75, 3.05) is 4.93 Å². The van der Waals surface area contributed by atoms with E-state index < -0.39 is 0 Å². The fourth-order valence-electron chi connectivity index (χ4n) is 1.66. The van der Waals surface area contributed by atoms with Crippen molar-refractivity contribution in [2.24, 2.45) is 0 Å². The van der Waals surface area contributed by atoms with E-state index in [2.05, 4.69) is 86.4 Å². The minimum atomic E-state index is 0.293. The molecule has 0 aromatic heterocycles. The summed E-state index contributed by atoms with van der Waals surface area (Å²) in [4.78, 5) is 2.31. The quantitative estimate of drug-likeness (QED) is 0.562. The molecular formula is C18H24I-. The van der Waals surface area contributed by atoms with E-state index in [1.165, 1.54) is 15.6 Å². The molecule has 0 unspecified atom stereocenters. The van der Waals surface area contributed by atoms with E-state index in [1.807, 2.05) is 0 Å². The molecule has 2 aromatic rings. The topological polar surface area (TPSA) is 0 Å². The second kappa shape index (κ2) is 8.36. The zero-order valence-corrected chi connectivity index (χ0v) is 14.5. The molecule has 0 aliphatic rings. The van der Waals surface area contributed by atoms with Crippen LogP contribution in [0.3, 0.4) is 0 Å². The van der Waals surface area contributed by atoms with Crippen molar-refractivity contribution in [3.05, 3.63) is 71.8 Å². The fourth-order valence-corrected chi connectivity index (χ4v) is 3.05. The van der Waals surface area contributed by atoms with Crippen molar-refractivity contribution in [1.29, 1.82) is 0 Å². The molecule has 2 aromatic carbocycles. The molecule has 0 bridgehead atoms. The van der Waals surface area contributed by atoms with Crippen molar-refractivity contribution >= 4 is 0 Å². The summed E-state index contributed by atoms with van der Waals surface area (Å²) >= 11 is 0.429. The number of rotatable bonds is 2. The first-order chi connectivity index (χ1) is 9.04. The van der Waals surface area contributed by atoms with Crippen LogP contribution in [0.15, 0.2) is 60.7 Å². The van der Waals surface area contributed by atoms with E-state index in [4.69, 9.17) is 0 Å². The van der Waals surface area contributed by atoms with Crippen LogP contribution in [0.2, 0.25) is 0 Å². The Morgan fingerprint density at radius 3 is 1.63 bits per heavy atom. The van der Waals surface area contributed by atoms with Crippen molar-refractivity contribution in [2.45, 2.75) is 30.6 Å². The standard InChI is InChI=1S/C10H14.C8H10I/c1-10(2,3)9-7-5-4-6-8-9;1-9-7-8-5-3-2-4-6-8/h4-8H,1-3H3;2-6H,7H2,1H3/q;-1. The molecule has 104 valence electrons. The maximum absolute atomic E-state index is 2.31. The Balaban J connectivity index is 0.000000191. The molecule has 0 atom stereocenters. The van der Waals surface area contributed by atoms with Gasteiger partial charge in [0.25, 0.3) is 0 Å². The van der Waals surface area contributed by atoms with Gasteiger partial charge < -0.3 is 0 Å². The van der Waals surface area contributed by atoms with Crippen LogP contribution in [0.25, 0.3) is 0 Å². The van der Waals surface area contributed by atoms with Crippen LogP contribution in [0.4, 0.5) is 0 Å². The molecule has 0 nitrogen and oxygen atoms in total. The Morgan fingerprint density at radius 2 is 1.26 bits per heavy atom. The van der Waals surface area contributed by atoms with Gasteiger partial charge in [-0.15, -0.1) is 0 Å². The van der Waals surface area contributed by atoms with Gasteiger partial charge in [-0.3, -0.25) is 0 Å². The Morgan fingerprint density at radius 1 is 0.789 bits per heavy atom. The van der Waals surface area contributed by atoms with Crippen LogP contribution in [0.1, 0.15) is 31.9 Å². The second-order valence-electron chi connectivity index (χ2n) is 5.50. The summed E-state index contributed by atoms with van der Waals surface area (Å²) in [5, 5.41) is 0. The summed E-state index contributed by atoms with van der Waals surface area (Å²) in [6.45, 7) is 6.67. The summed E-state index contributed by atoms with van der Waals surface area (Å²) in [7, 11) is 0. The van der Waals surface area contributed by atoms with E-state index in [1.54, 1.807) is 0 Å². The summed E-state index contributed by atoms with van der Waals surface area (Å²) in [5.41, 5.74) is 3.18. The van der Waals surface area contributed by atoms with Gasteiger partial charge in [0.2, 0.25) is 0 Å². The van der Waals surface area contributed by atoms with Crippen LogP contribution >= 0.6 is 0 Å². The van der Waals surface area contributed by atoms with E-state index in [-0.39, 0.29) is 0 Å². The zero-order chi connectivity index (χ0) is 14.1. The molecule has 0 N–H and O–H groups in total. The fraction of sp³-hybridized carbons (Fsp3) is 0.333. The normalized spacial score (nSPS) is 10.7. The van der Waals surface area contributed by atoms with E-state index >= 15 is 0 Å². The number of hydrogen-bond donors (Lipinski definition) is 0. The van der Waals surface area contributed by atoms with Crippen molar-refractivity contribution < 1.29 is 21.2 Å². The van der Waals surface area contributed by atoms with Gasteiger partial charge in [0.15, 0.2) is 0 Å². The van der Waals surface area contributed by atoms with E-state index in [0.717, 1.165) is 0 Å². The molecule has 19 heavy (non-hydrogen) atoms. The molecule has 0 radical (unpaired) electrons. The Kier molecular flexibility index (Phi) is 7.14. The molecule has 0 fully saturated rings. The average Bonchev–Trinajstić information content (AvgIpc) is 2.41. The summed E-state index contributed by atoms with van der Waals surface area (Å²) < 4.78 is 1.32. The second-order valence-corrected chi connectivity index (χ2v) is 7.79. The van der Waals surface area contributed by atoms with Crippen LogP contribution in [-0.4, -0.2) is 4.93 Å². The third-order valence-corrected chi connectivity index (χ3v) is 4.41.